The van der Waals surface area contributed by atoms with E-state index in [-0.39, 0.29) is 5.91 Å². The number of rotatable bonds is 3. The van der Waals surface area contributed by atoms with Crippen LogP contribution in [0.1, 0.15) is 15.9 Å². The number of para-hydroxylation sites is 1. The van der Waals surface area contributed by atoms with Gasteiger partial charge in [0.2, 0.25) is 0 Å². The smallest absolute Gasteiger partial charge is 0.256 e. The van der Waals surface area contributed by atoms with Crippen molar-refractivity contribution >= 4 is 11.6 Å². The van der Waals surface area contributed by atoms with Gasteiger partial charge in [0.1, 0.15) is 0 Å². The summed E-state index contributed by atoms with van der Waals surface area (Å²) in [4.78, 5) is 17.0. The Morgan fingerprint density at radius 3 is 2.45 bits per heavy atom. The van der Waals surface area contributed by atoms with Gasteiger partial charge in [0.05, 0.1) is 5.69 Å². The van der Waals surface area contributed by atoms with E-state index in [1.54, 1.807) is 6.20 Å². The van der Waals surface area contributed by atoms with Crippen LogP contribution in [0.2, 0.25) is 0 Å². The molecule has 3 nitrogen and oxygen atoms in total. The summed E-state index contributed by atoms with van der Waals surface area (Å²) in [6.45, 7) is 1.97. The van der Waals surface area contributed by atoms with Crippen LogP contribution in [0.15, 0.2) is 72.9 Å². The fraction of sp³-hybridized carbons (Fsp3) is 0.0526. The van der Waals surface area contributed by atoms with E-state index in [1.165, 1.54) is 0 Å². The van der Waals surface area contributed by atoms with Crippen LogP contribution in [0.4, 0.5) is 5.69 Å². The molecule has 0 saturated heterocycles. The van der Waals surface area contributed by atoms with E-state index >= 15 is 0 Å². The number of aryl methyl sites for hydroxylation is 1. The van der Waals surface area contributed by atoms with Crippen LogP contribution in [0.25, 0.3) is 11.3 Å². The number of hydrogen-bond acceptors (Lipinski definition) is 2. The second-order valence-corrected chi connectivity index (χ2v) is 5.08. The largest absolute Gasteiger partial charge is 0.322 e. The van der Waals surface area contributed by atoms with Gasteiger partial charge in [-0.1, -0.05) is 42.0 Å². The van der Waals surface area contributed by atoms with E-state index in [1.807, 2.05) is 73.7 Å². The third-order valence-corrected chi connectivity index (χ3v) is 3.39. The lowest BCUT2D eigenvalue weighted by Crippen LogP contribution is -2.13. The first kappa shape index (κ1) is 14.0. The van der Waals surface area contributed by atoms with Gasteiger partial charge in [-0.05, 0) is 37.3 Å². The minimum absolute atomic E-state index is 0.129. The molecule has 3 rings (SSSR count). The zero-order valence-electron chi connectivity index (χ0n) is 12.3. The number of anilines is 1. The monoisotopic (exact) mass is 288 g/mol. The van der Waals surface area contributed by atoms with Crippen molar-refractivity contribution in [1.82, 2.24) is 4.98 Å². The summed E-state index contributed by atoms with van der Waals surface area (Å²) in [5.74, 6) is -0.129. The molecule has 3 heteroatoms. The van der Waals surface area contributed by atoms with Crippen molar-refractivity contribution in [2.75, 3.05) is 5.32 Å². The molecule has 3 aromatic rings. The van der Waals surface area contributed by atoms with Gasteiger partial charge in [0, 0.05) is 23.0 Å². The van der Waals surface area contributed by atoms with Crippen molar-refractivity contribution in [2.45, 2.75) is 6.92 Å². The molecule has 0 saturated carbocycles. The second kappa shape index (κ2) is 6.22. The number of carbonyl (C=O) groups excluding carboxylic acids is 1. The Hall–Kier alpha value is -2.94. The SMILES string of the molecule is Cc1ccc(-c2ccccn2)c(C(=O)Nc2ccccc2)c1. The van der Waals surface area contributed by atoms with Gasteiger partial charge in [-0.25, -0.2) is 0 Å². The molecule has 108 valence electrons. The van der Waals surface area contributed by atoms with Crippen molar-refractivity contribution in [3.8, 4) is 11.3 Å². The maximum atomic E-state index is 12.6. The molecule has 0 atom stereocenters. The topological polar surface area (TPSA) is 42.0 Å². The Labute approximate surface area is 129 Å². The lowest BCUT2D eigenvalue weighted by atomic mass is 10.0. The summed E-state index contributed by atoms with van der Waals surface area (Å²) in [5, 5.41) is 2.93. The van der Waals surface area contributed by atoms with E-state index in [0.29, 0.717) is 5.56 Å². The first-order chi connectivity index (χ1) is 10.7. The summed E-state index contributed by atoms with van der Waals surface area (Å²) < 4.78 is 0. The van der Waals surface area contributed by atoms with E-state index in [9.17, 15) is 4.79 Å². The number of hydrogen-bond donors (Lipinski definition) is 1. The van der Waals surface area contributed by atoms with Gasteiger partial charge in [-0.2, -0.15) is 0 Å². The number of carbonyl (C=O) groups is 1. The maximum absolute atomic E-state index is 12.6. The van der Waals surface area contributed by atoms with Crippen LogP contribution in [0.3, 0.4) is 0 Å². The van der Waals surface area contributed by atoms with Crippen molar-refractivity contribution in [1.29, 1.82) is 0 Å². The van der Waals surface area contributed by atoms with E-state index in [4.69, 9.17) is 0 Å². The number of aromatic nitrogens is 1. The van der Waals surface area contributed by atoms with Gasteiger partial charge in [0.15, 0.2) is 0 Å². The van der Waals surface area contributed by atoms with Crippen molar-refractivity contribution in [3.05, 3.63) is 84.1 Å². The fourth-order valence-corrected chi connectivity index (χ4v) is 2.31. The molecule has 0 unspecified atom stereocenters. The number of pyridine rings is 1. The van der Waals surface area contributed by atoms with Crippen molar-refractivity contribution < 1.29 is 4.79 Å². The Balaban J connectivity index is 1.99. The highest BCUT2D eigenvalue weighted by Gasteiger charge is 2.14. The quantitative estimate of drug-likeness (QED) is 0.780. The Morgan fingerprint density at radius 2 is 1.73 bits per heavy atom. The van der Waals surface area contributed by atoms with Crippen molar-refractivity contribution in [2.24, 2.45) is 0 Å². The predicted molar refractivity (Wildman–Crippen MR) is 88.8 cm³/mol. The van der Waals surface area contributed by atoms with E-state index in [2.05, 4.69) is 10.3 Å². The first-order valence-corrected chi connectivity index (χ1v) is 7.12. The Bertz CT molecular complexity index is 783. The predicted octanol–water partition coefficient (Wildman–Crippen LogP) is 4.31. The molecule has 0 aliphatic heterocycles. The molecular weight excluding hydrogens is 272 g/mol. The number of benzene rings is 2. The van der Waals surface area contributed by atoms with Gasteiger partial charge >= 0.3 is 0 Å². The highest BCUT2D eigenvalue weighted by molar-refractivity contribution is 6.08. The Morgan fingerprint density at radius 1 is 0.955 bits per heavy atom. The normalized spacial score (nSPS) is 10.2. The third-order valence-electron chi connectivity index (χ3n) is 3.39. The van der Waals surface area contributed by atoms with Gasteiger partial charge in [-0.15, -0.1) is 0 Å². The molecule has 2 aromatic carbocycles. The van der Waals surface area contributed by atoms with Crippen LogP contribution in [-0.4, -0.2) is 10.9 Å². The number of nitrogens with zero attached hydrogens (tertiary/aromatic N) is 1. The van der Waals surface area contributed by atoms with Crippen LogP contribution in [-0.2, 0) is 0 Å². The van der Waals surface area contributed by atoms with Crippen LogP contribution in [0.5, 0.6) is 0 Å². The summed E-state index contributed by atoms with van der Waals surface area (Å²) in [6, 6.07) is 21.0. The Kier molecular flexibility index (Phi) is 3.97. The molecule has 0 bridgehead atoms. The standard InChI is InChI=1S/C19H16N2O/c1-14-10-11-16(18-9-5-6-12-20-18)17(13-14)19(22)21-15-7-3-2-4-8-15/h2-13H,1H3,(H,21,22). The molecule has 0 radical (unpaired) electrons. The highest BCUT2D eigenvalue weighted by atomic mass is 16.1. The minimum atomic E-state index is -0.129. The van der Waals surface area contributed by atoms with E-state index in [0.717, 1.165) is 22.5 Å². The second-order valence-electron chi connectivity index (χ2n) is 5.08. The van der Waals surface area contributed by atoms with Crippen LogP contribution >= 0.6 is 0 Å². The number of amides is 1. The molecule has 1 heterocycles. The number of nitrogens with one attached hydrogen (secondary N) is 1. The average molecular weight is 288 g/mol. The first-order valence-electron chi connectivity index (χ1n) is 7.12. The zero-order chi connectivity index (χ0) is 15.4. The van der Waals surface area contributed by atoms with Gasteiger partial charge in [0.25, 0.3) is 5.91 Å². The molecular formula is C19H16N2O. The lowest BCUT2D eigenvalue weighted by molar-refractivity contribution is 0.102. The van der Waals surface area contributed by atoms with Gasteiger partial charge < -0.3 is 5.32 Å². The average Bonchev–Trinajstić information content (AvgIpc) is 2.56. The minimum Gasteiger partial charge on any atom is -0.322 e. The molecule has 1 aromatic heterocycles. The molecule has 0 aliphatic rings. The van der Waals surface area contributed by atoms with Gasteiger partial charge in [-0.3, -0.25) is 9.78 Å². The molecule has 1 N–H and O–H groups in total. The summed E-state index contributed by atoms with van der Waals surface area (Å²) >= 11 is 0. The molecule has 0 aliphatic carbocycles. The molecule has 1 amide bonds. The third kappa shape index (κ3) is 3.04. The summed E-state index contributed by atoms with van der Waals surface area (Å²) in [7, 11) is 0. The van der Waals surface area contributed by atoms with E-state index < -0.39 is 0 Å². The van der Waals surface area contributed by atoms with Crippen LogP contribution < -0.4 is 5.32 Å². The highest BCUT2D eigenvalue weighted by Crippen LogP contribution is 2.24. The zero-order valence-corrected chi connectivity index (χ0v) is 12.3. The molecule has 0 fully saturated rings. The maximum Gasteiger partial charge on any atom is 0.256 e. The molecule has 0 spiro atoms. The van der Waals surface area contributed by atoms with Crippen LogP contribution in [0, 0.1) is 6.92 Å². The van der Waals surface area contributed by atoms with Crippen molar-refractivity contribution in [3.63, 3.8) is 0 Å². The summed E-state index contributed by atoms with van der Waals surface area (Å²) in [6.07, 6.45) is 1.73. The fourth-order valence-electron chi connectivity index (χ4n) is 2.31. The lowest BCUT2D eigenvalue weighted by Gasteiger charge is -2.11. The molecule has 22 heavy (non-hydrogen) atoms. The summed E-state index contributed by atoms with van der Waals surface area (Å²) in [5.41, 5.74) is 4.07.